The van der Waals surface area contributed by atoms with Crippen LogP contribution in [-0.2, 0) is 11.3 Å². The van der Waals surface area contributed by atoms with E-state index in [4.69, 9.17) is 4.98 Å². The van der Waals surface area contributed by atoms with E-state index in [0.29, 0.717) is 11.8 Å². The first-order valence-electron chi connectivity index (χ1n) is 10.9. The van der Waals surface area contributed by atoms with E-state index in [1.54, 1.807) is 11.3 Å². The highest BCUT2D eigenvalue weighted by Gasteiger charge is 2.26. The molecule has 0 spiro atoms. The Kier molecular flexibility index (Phi) is 6.33. The largest absolute Gasteiger partial charge is 0.345 e. The van der Waals surface area contributed by atoms with Crippen LogP contribution < -0.4 is 4.90 Å². The summed E-state index contributed by atoms with van der Waals surface area (Å²) in [6.07, 6.45) is 8.54. The molecule has 0 bridgehead atoms. The lowest BCUT2D eigenvalue weighted by Crippen LogP contribution is -2.49. The fourth-order valence-electron chi connectivity index (χ4n) is 4.70. The number of amides is 1. The molecule has 0 aromatic carbocycles. The van der Waals surface area contributed by atoms with Gasteiger partial charge in [-0.05, 0) is 50.6 Å². The summed E-state index contributed by atoms with van der Waals surface area (Å²) in [6, 6.07) is 0. The van der Waals surface area contributed by atoms with Crippen LogP contribution in [0.3, 0.4) is 0 Å². The Hall–Kier alpha value is -1.14. The van der Waals surface area contributed by atoms with Crippen molar-refractivity contribution in [1.82, 2.24) is 14.8 Å². The van der Waals surface area contributed by atoms with Crippen molar-refractivity contribution in [2.24, 2.45) is 11.8 Å². The molecule has 6 heteroatoms. The molecule has 3 aliphatic rings. The van der Waals surface area contributed by atoms with E-state index in [0.717, 1.165) is 50.2 Å². The van der Waals surface area contributed by atoms with Gasteiger partial charge >= 0.3 is 0 Å². The molecular weight excluding hydrogens is 356 g/mol. The normalized spacial score (nSPS) is 23.3. The van der Waals surface area contributed by atoms with Crippen molar-refractivity contribution in [2.75, 3.05) is 44.2 Å². The van der Waals surface area contributed by atoms with E-state index in [9.17, 15) is 4.79 Å². The zero-order valence-corrected chi connectivity index (χ0v) is 17.6. The summed E-state index contributed by atoms with van der Waals surface area (Å²) < 4.78 is 0. The van der Waals surface area contributed by atoms with Crippen molar-refractivity contribution in [3.05, 3.63) is 11.1 Å². The molecule has 0 N–H and O–H groups in total. The Morgan fingerprint density at radius 3 is 2.48 bits per heavy atom. The van der Waals surface area contributed by atoms with Crippen LogP contribution in [0.4, 0.5) is 5.13 Å². The molecule has 1 aromatic heterocycles. The molecule has 0 unspecified atom stereocenters. The number of nitrogens with zero attached hydrogens (tertiary/aromatic N) is 4. The molecule has 3 heterocycles. The molecule has 1 saturated carbocycles. The SMILES string of the molecule is CC1CCN(Cc2csc(N3CCN(C(=O)CC4CCCC4)CC3)n2)CC1. The topological polar surface area (TPSA) is 39.7 Å². The summed E-state index contributed by atoms with van der Waals surface area (Å²) in [5.74, 6) is 1.90. The van der Waals surface area contributed by atoms with E-state index in [1.165, 1.54) is 57.3 Å². The molecule has 2 aliphatic heterocycles. The highest BCUT2D eigenvalue weighted by atomic mass is 32.1. The fraction of sp³-hybridized carbons (Fsp3) is 0.810. The number of hydrogen-bond acceptors (Lipinski definition) is 5. The lowest BCUT2D eigenvalue weighted by atomic mass is 9.99. The van der Waals surface area contributed by atoms with Crippen LogP contribution in [0.1, 0.15) is 57.6 Å². The summed E-state index contributed by atoms with van der Waals surface area (Å²) in [6.45, 7) is 9.30. The number of likely N-dealkylation sites (tertiary alicyclic amines) is 1. The number of anilines is 1. The van der Waals surface area contributed by atoms with Crippen molar-refractivity contribution >= 4 is 22.4 Å². The van der Waals surface area contributed by atoms with Crippen LogP contribution in [0.2, 0.25) is 0 Å². The minimum Gasteiger partial charge on any atom is -0.345 e. The number of thiazole rings is 1. The minimum atomic E-state index is 0.376. The molecule has 2 saturated heterocycles. The third kappa shape index (κ3) is 5.02. The van der Waals surface area contributed by atoms with Crippen LogP contribution in [0, 0.1) is 11.8 Å². The highest BCUT2D eigenvalue weighted by molar-refractivity contribution is 7.13. The number of rotatable bonds is 5. The second-order valence-electron chi connectivity index (χ2n) is 8.80. The number of aromatic nitrogens is 1. The van der Waals surface area contributed by atoms with Gasteiger partial charge in [-0.2, -0.15) is 0 Å². The van der Waals surface area contributed by atoms with Crippen molar-refractivity contribution in [1.29, 1.82) is 0 Å². The van der Waals surface area contributed by atoms with Gasteiger partial charge in [-0.1, -0.05) is 19.8 Å². The van der Waals surface area contributed by atoms with Gasteiger partial charge in [-0.15, -0.1) is 11.3 Å². The lowest BCUT2D eigenvalue weighted by Gasteiger charge is -2.35. The van der Waals surface area contributed by atoms with Gasteiger partial charge in [0.25, 0.3) is 0 Å². The Morgan fingerprint density at radius 1 is 1.07 bits per heavy atom. The molecule has 1 aromatic rings. The Labute approximate surface area is 167 Å². The summed E-state index contributed by atoms with van der Waals surface area (Å²) in [7, 11) is 0. The van der Waals surface area contributed by atoms with E-state index < -0.39 is 0 Å². The third-order valence-electron chi connectivity index (χ3n) is 6.64. The molecule has 0 atom stereocenters. The number of carbonyl (C=O) groups is 1. The van der Waals surface area contributed by atoms with E-state index >= 15 is 0 Å². The Morgan fingerprint density at radius 2 is 1.78 bits per heavy atom. The van der Waals surface area contributed by atoms with Gasteiger partial charge in [0.05, 0.1) is 5.69 Å². The highest BCUT2D eigenvalue weighted by Crippen LogP contribution is 2.29. The number of carbonyl (C=O) groups excluding carboxylic acids is 1. The van der Waals surface area contributed by atoms with Gasteiger partial charge in [0.1, 0.15) is 0 Å². The van der Waals surface area contributed by atoms with Gasteiger partial charge in [0.15, 0.2) is 5.13 Å². The molecule has 5 nitrogen and oxygen atoms in total. The number of piperazine rings is 1. The zero-order valence-electron chi connectivity index (χ0n) is 16.7. The van der Waals surface area contributed by atoms with Gasteiger partial charge in [-0.25, -0.2) is 4.98 Å². The molecule has 27 heavy (non-hydrogen) atoms. The third-order valence-corrected chi connectivity index (χ3v) is 7.59. The zero-order chi connectivity index (χ0) is 18.6. The van der Waals surface area contributed by atoms with E-state index in [1.807, 2.05) is 0 Å². The number of piperidine rings is 1. The lowest BCUT2D eigenvalue weighted by molar-refractivity contribution is -0.132. The van der Waals surface area contributed by atoms with Gasteiger partial charge in [0, 0.05) is 44.5 Å². The Bertz CT molecular complexity index is 611. The van der Waals surface area contributed by atoms with Crippen molar-refractivity contribution in [3.8, 4) is 0 Å². The predicted molar refractivity (Wildman–Crippen MR) is 111 cm³/mol. The second-order valence-corrected chi connectivity index (χ2v) is 9.64. The standard InChI is InChI=1S/C21H34N4OS/c1-17-6-8-23(9-7-17)15-19-16-27-21(22-19)25-12-10-24(11-13-25)20(26)14-18-4-2-3-5-18/h16-18H,2-15H2,1H3. The molecule has 1 aliphatic carbocycles. The first kappa shape index (κ1) is 19.2. The molecule has 1 amide bonds. The smallest absolute Gasteiger partial charge is 0.222 e. The average molecular weight is 391 g/mol. The van der Waals surface area contributed by atoms with Crippen LogP contribution in [-0.4, -0.2) is 60.0 Å². The molecule has 0 radical (unpaired) electrons. The van der Waals surface area contributed by atoms with E-state index in [2.05, 4.69) is 27.0 Å². The van der Waals surface area contributed by atoms with Crippen molar-refractivity contribution in [2.45, 2.75) is 58.4 Å². The van der Waals surface area contributed by atoms with Crippen LogP contribution in [0.15, 0.2) is 5.38 Å². The summed E-state index contributed by atoms with van der Waals surface area (Å²) in [5.41, 5.74) is 1.21. The maximum absolute atomic E-state index is 12.5. The second kappa shape index (κ2) is 8.91. The van der Waals surface area contributed by atoms with Crippen LogP contribution in [0.5, 0.6) is 0 Å². The van der Waals surface area contributed by atoms with Crippen LogP contribution in [0.25, 0.3) is 0 Å². The monoisotopic (exact) mass is 390 g/mol. The molecule has 4 rings (SSSR count). The maximum Gasteiger partial charge on any atom is 0.222 e. The van der Waals surface area contributed by atoms with Crippen molar-refractivity contribution in [3.63, 3.8) is 0 Å². The summed E-state index contributed by atoms with van der Waals surface area (Å²) in [4.78, 5) is 24.4. The fourth-order valence-corrected chi connectivity index (χ4v) is 5.57. The van der Waals surface area contributed by atoms with Gasteiger partial charge in [0.2, 0.25) is 5.91 Å². The number of hydrogen-bond donors (Lipinski definition) is 0. The van der Waals surface area contributed by atoms with Crippen molar-refractivity contribution < 1.29 is 4.79 Å². The first-order chi connectivity index (χ1) is 13.2. The van der Waals surface area contributed by atoms with Gasteiger partial charge < -0.3 is 9.80 Å². The first-order valence-corrected chi connectivity index (χ1v) is 11.7. The minimum absolute atomic E-state index is 0.376. The van der Waals surface area contributed by atoms with Crippen LogP contribution >= 0.6 is 11.3 Å². The van der Waals surface area contributed by atoms with Gasteiger partial charge in [-0.3, -0.25) is 9.69 Å². The van der Waals surface area contributed by atoms with E-state index in [-0.39, 0.29) is 0 Å². The molecular formula is C21H34N4OS. The summed E-state index contributed by atoms with van der Waals surface area (Å²) >= 11 is 1.77. The predicted octanol–water partition coefficient (Wildman–Crippen LogP) is 3.60. The maximum atomic E-state index is 12.5. The molecule has 150 valence electrons. The average Bonchev–Trinajstić information content (AvgIpc) is 3.36. The molecule has 3 fully saturated rings. The summed E-state index contributed by atoms with van der Waals surface area (Å²) in [5, 5.41) is 3.36. The Balaban J connectivity index is 1.23. The quantitative estimate of drug-likeness (QED) is 0.770.